The second-order valence-corrected chi connectivity index (χ2v) is 4.20. The first-order valence-electron chi connectivity index (χ1n) is 5.68. The van der Waals surface area contributed by atoms with Gasteiger partial charge in [0, 0.05) is 30.9 Å². The molecule has 2 rings (SSSR count). The fraction of sp³-hybridized carbons (Fsp3) is 0.500. The highest BCUT2D eigenvalue weighted by atomic mass is 19.4. The Morgan fingerprint density at radius 1 is 1.18 bits per heavy atom. The van der Waals surface area contributed by atoms with E-state index in [0.29, 0.717) is 5.69 Å². The summed E-state index contributed by atoms with van der Waals surface area (Å²) in [6, 6.07) is 4.28. The molecule has 2 nitrogen and oxygen atoms in total. The first-order chi connectivity index (χ1) is 8.04. The van der Waals surface area contributed by atoms with Crippen molar-refractivity contribution in [2.24, 2.45) is 5.73 Å². The minimum Gasteiger partial charge on any atom is -0.371 e. The monoisotopic (exact) mass is 244 g/mol. The van der Waals surface area contributed by atoms with Gasteiger partial charge in [-0.05, 0) is 25.0 Å². The van der Waals surface area contributed by atoms with E-state index in [1.54, 1.807) is 6.07 Å². The number of nitrogens with two attached hydrogens (primary N) is 1. The van der Waals surface area contributed by atoms with Crippen LogP contribution in [0.2, 0.25) is 0 Å². The van der Waals surface area contributed by atoms with E-state index in [1.807, 2.05) is 4.90 Å². The van der Waals surface area contributed by atoms with Crippen LogP contribution in [0.4, 0.5) is 18.9 Å². The molecule has 94 valence electrons. The quantitative estimate of drug-likeness (QED) is 0.866. The molecular formula is C12H15F3N2. The van der Waals surface area contributed by atoms with E-state index in [0.717, 1.165) is 32.0 Å². The molecule has 1 aliphatic heterocycles. The van der Waals surface area contributed by atoms with Crippen LogP contribution >= 0.6 is 0 Å². The Bertz CT molecular complexity index is 395. The zero-order valence-electron chi connectivity index (χ0n) is 9.43. The summed E-state index contributed by atoms with van der Waals surface area (Å²) in [6.45, 7) is 1.55. The van der Waals surface area contributed by atoms with E-state index in [4.69, 9.17) is 5.73 Å². The predicted molar refractivity (Wildman–Crippen MR) is 60.8 cm³/mol. The van der Waals surface area contributed by atoms with Gasteiger partial charge in [0.15, 0.2) is 0 Å². The highest BCUT2D eigenvalue weighted by Gasteiger charge is 2.34. The molecule has 17 heavy (non-hydrogen) atoms. The van der Waals surface area contributed by atoms with Crippen LogP contribution in [0.1, 0.15) is 24.0 Å². The molecule has 1 heterocycles. The van der Waals surface area contributed by atoms with E-state index in [9.17, 15) is 13.2 Å². The van der Waals surface area contributed by atoms with Crippen molar-refractivity contribution >= 4 is 5.69 Å². The van der Waals surface area contributed by atoms with Crippen LogP contribution in [0, 0.1) is 0 Å². The Morgan fingerprint density at radius 2 is 1.82 bits per heavy atom. The number of alkyl halides is 3. The fourth-order valence-corrected chi connectivity index (χ4v) is 2.31. The maximum absolute atomic E-state index is 12.8. The molecule has 0 aliphatic carbocycles. The normalized spacial score (nSPS) is 16.6. The highest BCUT2D eigenvalue weighted by Crippen LogP contribution is 2.36. The molecule has 2 N–H and O–H groups in total. The summed E-state index contributed by atoms with van der Waals surface area (Å²) >= 11 is 0. The standard InChI is InChI=1S/C12H15F3N2/c13-12(14,15)10-4-3-5-11(9(10)8-16)17-6-1-2-7-17/h3-5H,1-2,6-8,16H2. The largest absolute Gasteiger partial charge is 0.416 e. The van der Waals surface area contributed by atoms with E-state index >= 15 is 0 Å². The Balaban J connectivity index is 2.45. The van der Waals surface area contributed by atoms with Gasteiger partial charge >= 0.3 is 6.18 Å². The van der Waals surface area contributed by atoms with E-state index in [-0.39, 0.29) is 12.1 Å². The smallest absolute Gasteiger partial charge is 0.371 e. The maximum atomic E-state index is 12.8. The van der Waals surface area contributed by atoms with Crippen molar-refractivity contribution in [1.29, 1.82) is 0 Å². The van der Waals surface area contributed by atoms with Crippen molar-refractivity contribution in [2.75, 3.05) is 18.0 Å². The van der Waals surface area contributed by atoms with Gasteiger partial charge in [0.1, 0.15) is 0 Å². The minimum absolute atomic E-state index is 0.0818. The van der Waals surface area contributed by atoms with Crippen LogP contribution in [0.25, 0.3) is 0 Å². The van der Waals surface area contributed by atoms with Gasteiger partial charge in [-0.1, -0.05) is 6.07 Å². The Kier molecular flexibility index (Phi) is 3.28. The molecule has 1 fully saturated rings. The molecule has 0 unspecified atom stereocenters. The molecule has 0 saturated carbocycles. The number of anilines is 1. The molecule has 0 radical (unpaired) electrons. The molecule has 5 heteroatoms. The summed E-state index contributed by atoms with van der Waals surface area (Å²) in [4.78, 5) is 1.98. The minimum atomic E-state index is -4.33. The third kappa shape index (κ3) is 2.39. The number of rotatable bonds is 2. The second-order valence-electron chi connectivity index (χ2n) is 4.20. The molecule has 0 spiro atoms. The van der Waals surface area contributed by atoms with Crippen molar-refractivity contribution in [3.05, 3.63) is 29.3 Å². The lowest BCUT2D eigenvalue weighted by Gasteiger charge is -2.23. The molecule has 1 saturated heterocycles. The van der Waals surface area contributed by atoms with Crippen LogP contribution in [0.3, 0.4) is 0 Å². The van der Waals surface area contributed by atoms with Gasteiger partial charge in [-0.15, -0.1) is 0 Å². The van der Waals surface area contributed by atoms with Gasteiger partial charge in [0.25, 0.3) is 0 Å². The van der Waals surface area contributed by atoms with E-state index < -0.39 is 11.7 Å². The van der Waals surface area contributed by atoms with E-state index in [1.165, 1.54) is 6.07 Å². The SMILES string of the molecule is NCc1c(N2CCCC2)cccc1C(F)(F)F. The number of hydrogen-bond acceptors (Lipinski definition) is 2. The summed E-state index contributed by atoms with van der Waals surface area (Å²) in [6.07, 6.45) is -2.27. The lowest BCUT2D eigenvalue weighted by atomic mass is 10.0. The summed E-state index contributed by atoms with van der Waals surface area (Å²) in [7, 11) is 0. The first kappa shape index (κ1) is 12.2. The molecular weight excluding hydrogens is 229 g/mol. The average Bonchev–Trinajstić information content (AvgIpc) is 2.80. The van der Waals surface area contributed by atoms with Gasteiger partial charge in [0.05, 0.1) is 5.56 Å². The highest BCUT2D eigenvalue weighted by molar-refractivity contribution is 5.58. The Hall–Kier alpha value is -1.23. The lowest BCUT2D eigenvalue weighted by molar-refractivity contribution is -0.138. The summed E-state index contributed by atoms with van der Waals surface area (Å²) in [5.41, 5.74) is 5.73. The molecule has 1 aliphatic rings. The number of hydrogen-bond donors (Lipinski definition) is 1. The Labute approximate surface area is 98.2 Å². The molecule has 0 aromatic heterocycles. The van der Waals surface area contributed by atoms with Crippen LogP contribution in [-0.4, -0.2) is 13.1 Å². The van der Waals surface area contributed by atoms with Crippen molar-refractivity contribution in [2.45, 2.75) is 25.6 Å². The van der Waals surface area contributed by atoms with Crippen LogP contribution < -0.4 is 10.6 Å². The van der Waals surface area contributed by atoms with Gasteiger partial charge in [-0.3, -0.25) is 0 Å². The zero-order valence-corrected chi connectivity index (χ0v) is 9.43. The maximum Gasteiger partial charge on any atom is 0.416 e. The van der Waals surface area contributed by atoms with Crippen LogP contribution in [0.15, 0.2) is 18.2 Å². The van der Waals surface area contributed by atoms with Crippen LogP contribution in [0.5, 0.6) is 0 Å². The molecule has 1 aromatic carbocycles. The van der Waals surface area contributed by atoms with Gasteiger partial charge in [0.2, 0.25) is 0 Å². The topological polar surface area (TPSA) is 29.3 Å². The number of halogens is 3. The van der Waals surface area contributed by atoms with Crippen LogP contribution in [-0.2, 0) is 12.7 Å². The first-order valence-corrected chi connectivity index (χ1v) is 5.68. The van der Waals surface area contributed by atoms with Crippen molar-refractivity contribution in [1.82, 2.24) is 0 Å². The van der Waals surface area contributed by atoms with Crippen molar-refractivity contribution in [3.8, 4) is 0 Å². The average molecular weight is 244 g/mol. The fourth-order valence-electron chi connectivity index (χ4n) is 2.31. The second kappa shape index (κ2) is 4.56. The summed E-state index contributed by atoms with van der Waals surface area (Å²) in [5.74, 6) is 0. The number of benzene rings is 1. The predicted octanol–water partition coefficient (Wildman–Crippen LogP) is 2.76. The number of nitrogens with zero attached hydrogens (tertiary/aromatic N) is 1. The third-order valence-corrected chi connectivity index (χ3v) is 3.11. The molecule has 0 bridgehead atoms. The molecule has 0 atom stereocenters. The third-order valence-electron chi connectivity index (χ3n) is 3.11. The Morgan fingerprint density at radius 3 is 2.35 bits per heavy atom. The molecule has 1 aromatic rings. The zero-order chi connectivity index (χ0) is 12.5. The molecule has 0 amide bonds. The van der Waals surface area contributed by atoms with E-state index in [2.05, 4.69) is 0 Å². The summed E-state index contributed by atoms with van der Waals surface area (Å²) in [5, 5.41) is 0. The van der Waals surface area contributed by atoms with Gasteiger partial charge in [-0.25, -0.2) is 0 Å². The summed E-state index contributed by atoms with van der Waals surface area (Å²) < 4.78 is 38.5. The van der Waals surface area contributed by atoms with Gasteiger partial charge < -0.3 is 10.6 Å². The van der Waals surface area contributed by atoms with Crippen molar-refractivity contribution < 1.29 is 13.2 Å². The lowest BCUT2D eigenvalue weighted by Crippen LogP contribution is -2.22. The van der Waals surface area contributed by atoms with Crippen molar-refractivity contribution in [3.63, 3.8) is 0 Å². The van der Waals surface area contributed by atoms with Gasteiger partial charge in [-0.2, -0.15) is 13.2 Å².